The van der Waals surface area contributed by atoms with E-state index >= 15 is 0 Å². The number of aromatic nitrogens is 1. The van der Waals surface area contributed by atoms with Crippen molar-refractivity contribution in [3.63, 3.8) is 0 Å². The Morgan fingerprint density at radius 3 is 1.69 bits per heavy atom. The molecule has 0 aliphatic carbocycles. The second kappa shape index (κ2) is 10.1. The molecule has 0 saturated heterocycles. The van der Waals surface area contributed by atoms with Gasteiger partial charge in [-0.3, -0.25) is 10.4 Å². The maximum absolute atomic E-state index is 12.9. The standard InChI is InChI=1S/C21H11ClF9N5/c22-16-9-13(21(29,30)31)10-32-17(16)18(35-33-14-5-1-11(2-6-14)19(23,24)25)36-34-15-7-3-12(4-8-15)20(26,27)28/h1-10,33H/b35-18-,36-34?. The van der Waals surface area contributed by atoms with Gasteiger partial charge in [0.25, 0.3) is 0 Å². The zero-order valence-corrected chi connectivity index (χ0v) is 18.1. The van der Waals surface area contributed by atoms with E-state index in [9.17, 15) is 39.5 Å². The Kier molecular flexibility index (Phi) is 7.57. The van der Waals surface area contributed by atoms with Crippen molar-refractivity contribution in [2.75, 3.05) is 5.43 Å². The lowest BCUT2D eigenvalue weighted by molar-refractivity contribution is -0.138. The van der Waals surface area contributed by atoms with Crippen LogP contribution in [0.3, 0.4) is 0 Å². The normalized spacial score (nSPS) is 13.3. The third-order valence-electron chi connectivity index (χ3n) is 4.34. The average Bonchev–Trinajstić information content (AvgIpc) is 2.78. The van der Waals surface area contributed by atoms with Gasteiger partial charge in [0.05, 0.1) is 33.1 Å². The van der Waals surface area contributed by atoms with Gasteiger partial charge in [-0.15, -0.1) is 10.2 Å². The molecule has 36 heavy (non-hydrogen) atoms. The Labute approximate surface area is 201 Å². The summed E-state index contributed by atoms with van der Waals surface area (Å²) in [4.78, 5) is 3.59. The predicted octanol–water partition coefficient (Wildman–Crippen LogP) is 8.35. The molecule has 0 fully saturated rings. The van der Waals surface area contributed by atoms with Gasteiger partial charge >= 0.3 is 18.5 Å². The lowest BCUT2D eigenvalue weighted by atomic mass is 10.2. The van der Waals surface area contributed by atoms with Gasteiger partial charge < -0.3 is 0 Å². The summed E-state index contributed by atoms with van der Waals surface area (Å²) in [5.74, 6) is -0.506. The molecule has 0 atom stereocenters. The minimum atomic E-state index is -4.76. The van der Waals surface area contributed by atoms with Crippen molar-refractivity contribution in [3.05, 3.63) is 88.2 Å². The second-order valence-electron chi connectivity index (χ2n) is 6.92. The monoisotopic (exact) mass is 539 g/mol. The van der Waals surface area contributed by atoms with Crippen LogP contribution in [0, 0.1) is 0 Å². The SMILES string of the molecule is FC(F)(F)c1ccc(N=N/C(=N\Nc2ccc(C(F)(F)F)cc2)c2ncc(C(F)(F)F)cc2Cl)cc1. The zero-order chi connectivity index (χ0) is 26.7. The third-order valence-corrected chi connectivity index (χ3v) is 4.63. The average molecular weight is 540 g/mol. The molecule has 1 aromatic heterocycles. The summed E-state index contributed by atoms with van der Waals surface area (Å²) in [7, 11) is 0. The van der Waals surface area contributed by atoms with Crippen LogP contribution in [0.5, 0.6) is 0 Å². The minimum Gasteiger partial charge on any atom is -0.276 e. The van der Waals surface area contributed by atoms with Crippen molar-refractivity contribution < 1.29 is 39.5 Å². The molecular weight excluding hydrogens is 529 g/mol. The lowest BCUT2D eigenvalue weighted by Gasteiger charge is -2.10. The molecular formula is C21H11ClF9N5. The maximum Gasteiger partial charge on any atom is 0.417 e. The van der Waals surface area contributed by atoms with E-state index in [1.54, 1.807) is 0 Å². The Balaban J connectivity index is 1.95. The van der Waals surface area contributed by atoms with E-state index < -0.39 is 46.1 Å². The van der Waals surface area contributed by atoms with Crippen LogP contribution in [-0.4, -0.2) is 10.8 Å². The summed E-state index contributed by atoms with van der Waals surface area (Å²) in [5.41, 5.74) is -1.14. The Morgan fingerprint density at radius 2 is 1.22 bits per heavy atom. The van der Waals surface area contributed by atoms with Gasteiger partial charge in [-0.2, -0.15) is 44.6 Å². The van der Waals surface area contributed by atoms with Crippen LogP contribution in [0.4, 0.5) is 50.9 Å². The highest BCUT2D eigenvalue weighted by Crippen LogP contribution is 2.33. The van der Waals surface area contributed by atoms with Crippen LogP contribution >= 0.6 is 11.6 Å². The molecule has 5 nitrogen and oxygen atoms in total. The predicted molar refractivity (Wildman–Crippen MR) is 112 cm³/mol. The number of nitrogens with one attached hydrogen (secondary N) is 1. The molecule has 0 saturated carbocycles. The molecule has 0 aliphatic heterocycles. The van der Waals surface area contributed by atoms with Crippen LogP contribution in [0.2, 0.25) is 5.02 Å². The number of nitrogens with zero attached hydrogens (tertiary/aromatic N) is 4. The molecule has 0 unspecified atom stereocenters. The summed E-state index contributed by atoms with van der Waals surface area (Å²) >= 11 is 5.91. The van der Waals surface area contributed by atoms with Crippen LogP contribution in [0.1, 0.15) is 22.4 Å². The van der Waals surface area contributed by atoms with E-state index in [1.165, 1.54) is 0 Å². The van der Waals surface area contributed by atoms with Crippen molar-refractivity contribution in [2.45, 2.75) is 18.5 Å². The van der Waals surface area contributed by atoms with Crippen LogP contribution < -0.4 is 5.43 Å². The van der Waals surface area contributed by atoms with E-state index in [-0.39, 0.29) is 17.1 Å². The summed E-state index contributed by atoms with van der Waals surface area (Å²) in [6.45, 7) is 0. The van der Waals surface area contributed by atoms with Crippen molar-refractivity contribution in [2.24, 2.45) is 15.3 Å². The minimum absolute atomic E-state index is 0.0354. The number of pyridine rings is 1. The van der Waals surface area contributed by atoms with E-state index in [4.69, 9.17) is 11.6 Å². The quantitative estimate of drug-likeness (QED) is 0.119. The van der Waals surface area contributed by atoms with Crippen LogP contribution in [-0.2, 0) is 18.5 Å². The second-order valence-corrected chi connectivity index (χ2v) is 7.33. The third kappa shape index (κ3) is 6.93. The number of hydrazone groups is 1. The molecule has 0 bridgehead atoms. The number of hydrogen-bond donors (Lipinski definition) is 1. The van der Waals surface area contributed by atoms with E-state index in [0.717, 1.165) is 48.5 Å². The Morgan fingerprint density at radius 1 is 0.722 bits per heavy atom. The van der Waals surface area contributed by atoms with Crippen molar-refractivity contribution in [3.8, 4) is 0 Å². The van der Waals surface area contributed by atoms with Crippen molar-refractivity contribution >= 4 is 28.8 Å². The molecule has 2 aromatic carbocycles. The molecule has 0 amide bonds. The number of amidine groups is 1. The summed E-state index contributed by atoms with van der Waals surface area (Å²) in [6.07, 6.45) is -13.5. The molecule has 190 valence electrons. The van der Waals surface area contributed by atoms with Gasteiger partial charge in [0.2, 0.25) is 5.84 Å². The lowest BCUT2D eigenvalue weighted by Crippen LogP contribution is -2.10. The molecule has 0 aliphatic rings. The smallest absolute Gasteiger partial charge is 0.276 e. The summed E-state index contributed by atoms with van der Waals surface area (Å²) in [6, 6.07) is 7.53. The molecule has 1 heterocycles. The Bertz CT molecular complexity index is 1260. The molecule has 15 heteroatoms. The van der Waals surface area contributed by atoms with E-state index in [2.05, 4.69) is 25.7 Å². The topological polar surface area (TPSA) is 62.0 Å². The van der Waals surface area contributed by atoms with Crippen molar-refractivity contribution in [1.29, 1.82) is 0 Å². The first-order valence-electron chi connectivity index (χ1n) is 9.47. The molecule has 0 spiro atoms. The number of anilines is 1. The van der Waals surface area contributed by atoms with Gasteiger partial charge in [-0.05, 0) is 54.6 Å². The zero-order valence-electron chi connectivity index (χ0n) is 17.3. The molecule has 3 aromatic rings. The Hall–Kier alpha value is -3.68. The van der Waals surface area contributed by atoms with Gasteiger partial charge in [0.15, 0.2) is 0 Å². The van der Waals surface area contributed by atoms with Gasteiger partial charge in [-0.25, -0.2) is 0 Å². The van der Waals surface area contributed by atoms with E-state index in [1.807, 2.05) is 0 Å². The number of alkyl halides is 9. The highest BCUT2D eigenvalue weighted by molar-refractivity contribution is 6.33. The van der Waals surface area contributed by atoms with E-state index in [0.29, 0.717) is 12.3 Å². The highest BCUT2D eigenvalue weighted by atomic mass is 35.5. The number of hydrogen-bond acceptors (Lipinski definition) is 4. The van der Waals surface area contributed by atoms with Gasteiger partial charge in [-0.1, -0.05) is 11.6 Å². The van der Waals surface area contributed by atoms with Crippen LogP contribution in [0.25, 0.3) is 0 Å². The summed E-state index contributed by atoms with van der Waals surface area (Å²) in [5, 5.41) is 10.7. The number of rotatable bonds is 4. The van der Waals surface area contributed by atoms with Crippen LogP contribution in [0.15, 0.2) is 76.1 Å². The maximum atomic E-state index is 12.9. The van der Waals surface area contributed by atoms with Gasteiger partial charge in [0, 0.05) is 6.20 Å². The highest BCUT2D eigenvalue weighted by Gasteiger charge is 2.32. The van der Waals surface area contributed by atoms with Gasteiger partial charge in [0.1, 0.15) is 5.69 Å². The first-order valence-corrected chi connectivity index (χ1v) is 9.85. The first-order chi connectivity index (χ1) is 16.6. The molecule has 1 N–H and O–H groups in total. The molecule has 3 rings (SSSR count). The first kappa shape index (κ1) is 26.9. The number of azo groups is 1. The van der Waals surface area contributed by atoms with Crippen molar-refractivity contribution in [1.82, 2.24) is 4.98 Å². The molecule has 0 radical (unpaired) electrons. The number of benzene rings is 2. The fourth-order valence-electron chi connectivity index (χ4n) is 2.55. The largest absolute Gasteiger partial charge is 0.417 e. The fourth-order valence-corrected chi connectivity index (χ4v) is 2.80. The number of halogens is 10. The fraction of sp³-hybridized carbons (Fsp3) is 0.143. The summed E-state index contributed by atoms with van der Waals surface area (Å²) < 4.78 is 115.